The molecule has 0 saturated carbocycles. The molecule has 0 saturated heterocycles. The second kappa shape index (κ2) is 8.74. The van der Waals surface area contributed by atoms with Crippen LogP contribution in [0, 0.1) is 0 Å². The summed E-state index contributed by atoms with van der Waals surface area (Å²) in [6.07, 6.45) is 0.235. The van der Waals surface area contributed by atoms with Gasteiger partial charge in [-0.05, 0) is 34.1 Å². The first kappa shape index (κ1) is 17.7. The third-order valence-corrected chi connectivity index (χ3v) is 1.99. The predicted octanol–water partition coefficient (Wildman–Crippen LogP) is 1.87. The van der Waals surface area contributed by atoms with Crippen molar-refractivity contribution >= 4 is 12.1 Å². The number of alkyl carbamates (subject to hydrolysis) is 1. The molecule has 112 valence electrons. The van der Waals surface area contributed by atoms with Crippen LogP contribution in [0.3, 0.4) is 0 Å². The summed E-state index contributed by atoms with van der Waals surface area (Å²) in [6.45, 7) is 9.77. The van der Waals surface area contributed by atoms with E-state index in [2.05, 4.69) is 5.32 Å². The molecule has 0 fully saturated rings. The van der Waals surface area contributed by atoms with Gasteiger partial charge in [-0.2, -0.15) is 0 Å². The lowest BCUT2D eigenvalue weighted by atomic mass is 10.2. The predicted molar refractivity (Wildman–Crippen MR) is 70.9 cm³/mol. The molecule has 0 aliphatic rings. The van der Waals surface area contributed by atoms with Crippen molar-refractivity contribution in [1.82, 2.24) is 5.32 Å². The molecule has 1 atom stereocenters. The van der Waals surface area contributed by atoms with Crippen LogP contribution in [-0.2, 0) is 19.0 Å². The number of hydrogen-bond donors (Lipinski definition) is 1. The van der Waals surface area contributed by atoms with Crippen molar-refractivity contribution < 1.29 is 23.8 Å². The van der Waals surface area contributed by atoms with Crippen molar-refractivity contribution in [2.75, 3.05) is 19.8 Å². The quantitative estimate of drug-likeness (QED) is 0.567. The number of carbonyl (C=O) groups excluding carboxylic acids is 2. The van der Waals surface area contributed by atoms with E-state index in [0.717, 1.165) is 0 Å². The fraction of sp³-hybridized carbons (Fsp3) is 0.846. The fourth-order valence-corrected chi connectivity index (χ4v) is 1.19. The summed E-state index contributed by atoms with van der Waals surface area (Å²) in [7, 11) is 0. The molecule has 0 aromatic heterocycles. The summed E-state index contributed by atoms with van der Waals surface area (Å²) < 4.78 is 15.1. The Morgan fingerprint density at radius 1 is 1.16 bits per heavy atom. The molecule has 1 N–H and O–H groups in total. The van der Waals surface area contributed by atoms with Crippen LogP contribution in [0.15, 0.2) is 0 Å². The minimum Gasteiger partial charge on any atom is -0.463 e. The second-order valence-electron chi connectivity index (χ2n) is 5.29. The van der Waals surface area contributed by atoms with E-state index in [1.807, 2.05) is 27.7 Å². The molecule has 0 aromatic rings. The van der Waals surface area contributed by atoms with Gasteiger partial charge in [0.05, 0.1) is 6.61 Å². The van der Waals surface area contributed by atoms with E-state index >= 15 is 0 Å². The number of esters is 1. The van der Waals surface area contributed by atoms with Gasteiger partial charge in [0.2, 0.25) is 0 Å². The first-order valence-corrected chi connectivity index (χ1v) is 6.41. The molecule has 0 rings (SSSR count). The summed E-state index contributed by atoms with van der Waals surface area (Å²) in [5, 5.41) is 2.72. The zero-order valence-electron chi connectivity index (χ0n) is 12.4. The molecule has 0 spiro atoms. The Bertz CT molecular complexity index is 285. The molecule has 1 amide bonds. The highest BCUT2D eigenvalue weighted by Gasteiger charge is 2.17. The zero-order valence-corrected chi connectivity index (χ0v) is 12.4. The largest absolute Gasteiger partial charge is 0.463 e. The molecular weight excluding hydrogens is 250 g/mol. The number of hydrogen-bond acceptors (Lipinski definition) is 5. The van der Waals surface area contributed by atoms with Crippen molar-refractivity contribution in [2.24, 2.45) is 0 Å². The van der Waals surface area contributed by atoms with E-state index in [1.54, 1.807) is 0 Å². The summed E-state index contributed by atoms with van der Waals surface area (Å²) in [5.41, 5.74) is -0.496. The van der Waals surface area contributed by atoms with Gasteiger partial charge in [-0.15, -0.1) is 0 Å². The highest BCUT2D eigenvalue weighted by Crippen LogP contribution is 2.07. The molecule has 0 radical (unpaired) electrons. The van der Waals surface area contributed by atoms with Crippen molar-refractivity contribution in [3.8, 4) is 0 Å². The summed E-state index contributed by atoms with van der Waals surface area (Å²) in [6, 6.07) is -0.0384. The zero-order chi connectivity index (χ0) is 14.9. The molecule has 6 nitrogen and oxygen atoms in total. The van der Waals surface area contributed by atoms with Crippen LogP contribution in [0.5, 0.6) is 0 Å². The van der Waals surface area contributed by atoms with Gasteiger partial charge in [-0.3, -0.25) is 4.79 Å². The molecule has 0 aromatic carbocycles. The average Bonchev–Trinajstić information content (AvgIpc) is 2.19. The number of carbonyl (C=O) groups is 2. The van der Waals surface area contributed by atoms with Crippen LogP contribution in [0.2, 0.25) is 0 Å². The van der Waals surface area contributed by atoms with Gasteiger partial charge in [0.25, 0.3) is 0 Å². The summed E-state index contributed by atoms with van der Waals surface area (Å²) in [5.74, 6) is -0.316. The fourth-order valence-electron chi connectivity index (χ4n) is 1.19. The normalized spacial score (nSPS) is 12.7. The van der Waals surface area contributed by atoms with Gasteiger partial charge >= 0.3 is 12.1 Å². The van der Waals surface area contributed by atoms with Gasteiger partial charge in [-0.25, -0.2) is 4.79 Å². The molecule has 0 bridgehead atoms. The highest BCUT2D eigenvalue weighted by molar-refractivity contribution is 5.68. The van der Waals surface area contributed by atoms with Crippen LogP contribution in [-0.4, -0.2) is 43.5 Å². The highest BCUT2D eigenvalue weighted by atomic mass is 16.6. The Morgan fingerprint density at radius 3 is 2.32 bits per heavy atom. The van der Waals surface area contributed by atoms with Crippen LogP contribution in [0.1, 0.15) is 41.0 Å². The maximum atomic E-state index is 11.4. The number of nitrogens with one attached hydrogen (secondary N) is 1. The molecule has 0 heterocycles. The summed E-state index contributed by atoms with van der Waals surface area (Å²) in [4.78, 5) is 21.9. The topological polar surface area (TPSA) is 73.9 Å². The van der Waals surface area contributed by atoms with Crippen LogP contribution in [0.25, 0.3) is 0 Å². The van der Waals surface area contributed by atoms with Gasteiger partial charge in [0.15, 0.2) is 0 Å². The van der Waals surface area contributed by atoms with Gasteiger partial charge in [0.1, 0.15) is 12.2 Å². The average molecular weight is 275 g/mol. The lowest BCUT2D eigenvalue weighted by Crippen LogP contribution is -2.38. The van der Waals surface area contributed by atoms with E-state index in [0.29, 0.717) is 19.6 Å². The monoisotopic (exact) mass is 275 g/mol. The van der Waals surface area contributed by atoms with Crippen LogP contribution in [0.4, 0.5) is 4.79 Å². The Labute approximate surface area is 114 Å². The molecule has 0 aliphatic carbocycles. The molecule has 19 heavy (non-hydrogen) atoms. The third kappa shape index (κ3) is 12.9. The Balaban J connectivity index is 3.56. The van der Waals surface area contributed by atoms with Crippen molar-refractivity contribution in [3.63, 3.8) is 0 Å². The van der Waals surface area contributed by atoms with Crippen molar-refractivity contribution in [3.05, 3.63) is 0 Å². The van der Waals surface area contributed by atoms with E-state index in [1.165, 1.54) is 6.92 Å². The van der Waals surface area contributed by atoms with Crippen LogP contribution >= 0.6 is 0 Å². The molecule has 6 heteroatoms. The molecular formula is C13H25NO5. The number of ether oxygens (including phenoxy) is 3. The van der Waals surface area contributed by atoms with E-state index in [9.17, 15) is 9.59 Å². The minimum atomic E-state index is -0.496. The van der Waals surface area contributed by atoms with Gasteiger partial charge in [-0.1, -0.05) is 0 Å². The Kier molecular flexibility index (Phi) is 8.14. The van der Waals surface area contributed by atoms with Gasteiger partial charge in [0, 0.05) is 19.6 Å². The second-order valence-corrected chi connectivity index (χ2v) is 5.29. The number of rotatable bonds is 7. The maximum Gasteiger partial charge on any atom is 0.407 e. The lowest BCUT2D eigenvalue weighted by Gasteiger charge is -2.21. The first-order chi connectivity index (χ1) is 8.70. The smallest absolute Gasteiger partial charge is 0.407 e. The third-order valence-electron chi connectivity index (χ3n) is 1.99. The minimum absolute atomic E-state index is 0.0384. The Hall–Kier alpha value is -1.30. The standard InChI is InChI=1S/C13H25NO5/c1-10(14-12(16)19-13(3,4)5)6-7-17-8-9-18-11(2)15/h10H,6-9H2,1-5H3,(H,14,16)/t10-/m1/s1. The van der Waals surface area contributed by atoms with Crippen molar-refractivity contribution in [2.45, 2.75) is 52.7 Å². The van der Waals surface area contributed by atoms with Crippen LogP contribution < -0.4 is 5.32 Å². The van der Waals surface area contributed by atoms with E-state index in [-0.39, 0.29) is 18.6 Å². The Morgan fingerprint density at radius 2 is 1.79 bits per heavy atom. The van der Waals surface area contributed by atoms with Crippen molar-refractivity contribution in [1.29, 1.82) is 0 Å². The maximum absolute atomic E-state index is 11.4. The lowest BCUT2D eigenvalue weighted by molar-refractivity contribution is -0.142. The molecule has 0 unspecified atom stereocenters. The molecule has 0 aliphatic heterocycles. The summed E-state index contributed by atoms with van der Waals surface area (Å²) >= 11 is 0. The SMILES string of the molecule is CC(=O)OCCOCC[C@@H](C)NC(=O)OC(C)(C)C. The van der Waals surface area contributed by atoms with E-state index < -0.39 is 11.7 Å². The van der Waals surface area contributed by atoms with Gasteiger partial charge < -0.3 is 19.5 Å². The van der Waals surface area contributed by atoms with E-state index in [4.69, 9.17) is 14.2 Å². The first-order valence-electron chi connectivity index (χ1n) is 6.41. The number of amides is 1.